The van der Waals surface area contributed by atoms with Crippen molar-refractivity contribution in [1.29, 1.82) is 0 Å². The fourth-order valence-corrected chi connectivity index (χ4v) is 6.93. The van der Waals surface area contributed by atoms with Crippen LogP contribution in [0.4, 0.5) is 0 Å². The van der Waals surface area contributed by atoms with Crippen LogP contribution in [0, 0.1) is 0 Å². The number of carbonyl (C=O) groups is 3. The third kappa shape index (κ3) is 49.5. The second-order valence-electron chi connectivity index (χ2n) is 17.2. The fraction of sp³-hybridized carbons (Fsp3) is 0.702. The maximum Gasteiger partial charge on any atom is 0.306 e. The van der Waals surface area contributed by atoms with Gasteiger partial charge in [-0.15, -0.1) is 0 Å². The van der Waals surface area contributed by atoms with Crippen LogP contribution in [0.1, 0.15) is 239 Å². The van der Waals surface area contributed by atoms with E-state index in [0.29, 0.717) is 19.3 Å². The Labute approximate surface area is 388 Å². The van der Waals surface area contributed by atoms with Crippen molar-refractivity contribution in [3.8, 4) is 0 Å². The molecule has 0 aromatic heterocycles. The summed E-state index contributed by atoms with van der Waals surface area (Å²) < 4.78 is 16.8. The predicted octanol–water partition coefficient (Wildman–Crippen LogP) is 17.2. The van der Waals surface area contributed by atoms with Gasteiger partial charge in [0.15, 0.2) is 6.10 Å². The first-order chi connectivity index (χ1) is 31.0. The molecular formula is C57H96O6. The van der Waals surface area contributed by atoms with Gasteiger partial charge >= 0.3 is 17.9 Å². The molecular weight excluding hydrogens is 781 g/mol. The van der Waals surface area contributed by atoms with E-state index in [-0.39, 0.29) is 31.1 Å². The summed E-state index contributed by atoms with van der Waals surface area (Å²) in [5.41, 5.74) is 0. The maximum absolute atomic E-state index is 12.8. The molecule has 0 spiro atoms. The Bertz CT molecular complexity index is 1240. The molecule has 360 valence electrons. The molecule has 0 rings (SSSR count). The third-order valence-electron chi connectivity index (χ3n) is 10.9. The Morgan fingerprint density at radius 3 is 1.08 bits per heavy atom. The number of carbonyl (C=O) groups excluding carboxylic acids is 3. The van der Waals surface area contributed by atoms with E-state index >= 15 is 0 Å². The zero-order valence-corrected chi connectivity index (χ0v) is 41.1. The van der Waals surface area contributed by atoms with Crippen molar-refractivity contribution in [1.82, 2.24) is 0 Å². The molecule has 0 aliphatic rings. The van der Waals surface area contributed by atoms with E-state index in [9.17, 15) is 14.4 Å². The molecule has 0 aliphatic carbocycles. The standard InChI is InChI=1S/C57H96O6/c1-4-7-10-13-16-19-22-24-26-28-30-31-33-35-38-41-44-47-50-56(59)62-53-54(52-61-55(58)49-46-43-40-37-21-18-15-12-9-6-3)63-57(60)51-48-45-42-39-36-34-32-29-27-25-23-20-17-14-11-8-5-2/h15-20,22,24-28,30-31,54H,4-14,21,23,29,32-53H2,1-3H3/b18-15-,19-16-,20-17-,24-22-,27-25-,28-26-,31-30-. The highest BCUT2D eigenvalue weighted by Crippen LogP contribution is 2.14. The smallest absolute Gasteiger partial charge is 0.306 e. The van der Waals surface area contributed by atoms with Crippen LogP contribution in [0.15, 0.2) is 85.1 Å². The molecule has 0 aromatic carbocycles. The SMILES string of the molecule is CCCC/C=C\CCCCCCC(=O)OCC(COC(=O)CCCCCCC\C=C/C=C\C=C/C=C\CCCCC)OC(=O)CCCCCCCCC/C=C\C/C=C\CCCCC. The first-order valence-corrected chi connectivity index (χ1v) is 26.1. The number of unbranched alkanes of at least 4 members (excludes halogenated alkanes) is 24. The third-order valence-corrected chi connectivity index (χ3v) is 10.9. The molecule has 0 bridgehead atoms. The molecule has 0 aliphatic heterocycles. The van der Waals surface area contributed by atoms with E-state index in [1.165, 1.54) is 83.5 Å². The van der Waals surface area contributed by atoms with Crippen molar-refractivity contribution in [2.45, 2.75) is 245 Å². The largest absolute Gasteiger partial charge is 0.462 e. The van der Waals surface area contributed by atoms with Crippen molar-refractivity contribution >= 4 is 17.9 Å². The van der Waals surface area contributed by atoms with Gasteiger partial charge in [-0.3, -0.25) is 14.4 Å². The Kier molecular flexibility index (Phi) is 48.5. The monoisotopic (exact) mass is 877 g/mol. The molecule has 0 heterocycles. The maximum atomic E-state index is 12.8. The minimum absolute atomic E-state index is 0.0944. The highest BCUT2D eigenvalue weighted by molar-refractivity contribution is 5.71. The number of hydrogen-bond acceptors (Lipinski definition) is 6. The van der Waals surface area contributed by atoms with Gasteiger partial charge in [0, 0.05) is 19.3 Å². The summed E-state index contributed by atoms with van der Waals surface area (Å²) in [5, 5.41) is 0. The molecule has 0 N–H and O–H groups in total. The van der Waals surface area contributed by atoms with Crippen LogP contribution >= 0.6 is 0 Å². The first kappa shape index (κ1) is 59.6. The van der Waals surface area contributed by atoms with Gasteiger partial charge in [-0.05, 0) is 96.3 Å². The number of esters is 3. The predicted molar refractivity (Wildman–Crippen MR) is 270 cm³/mol. The number of hydrogen-bond donors (Lipinski definition) is 0. The van der Waals surface area contributed by atoms with Gasteiger partial charge in [-0.1, -0.05) is 209 Å². The minimum atomic E-state index is -0.795. The molecule has 1 atom stereocenters. The highest BCUT2D eigenvalue weighted by Gasteiger charge is 2.19. The van der Waals surface area contributed by atoms with E-state index in [1.807, 2.05) is 0 Å². The van der Waals surface area contributed by atoms with Crippen LogP contribution in [0.25, 0.3) is 0 Å². The van der Waals surface area contributed by atoms with Gasteiger partial charge in [-0.2, -0.15) is 0 Å². The van der Waals surface area contributed by atoms with Crippen LogP contribution in [-0.2, 0) is 28.6 Å². The summed E-state index contributed by atoms with van der Waals surface area (Å²) in [6.07, 6.45) is 65.6. The van der Waals surface area contributed by atoms with E-state index in [4.69, 9.17) is 14.2 Å². The molecule has 0 saturated carbocycles. The van der Waals surface area contributed by atoms with E-state index in [1.54, 1.807) is 0 Å². The van der Waals surface area contributed by atoms with Crippen LogP contribution in [0.2, 0.25) is 0 Å². The van der Waals surface area contributed by atoms with Crippen LogP contribution in [0.3, 0.4) is 0 Å². The summed E-state index contributed by atoms with van der Waals surface area (Å²) in [5.74, 6) is -0.939. The second kappa shape index (κ2) is 51.2. The summed E-state index contributed by atoms with van der Waals surface area (Å²) in [6, 6.07) is 0. The summed E-state index contributed by atoms with van der Waals surface area (Å²) in [7, 11) is 0. The zero-order chi connectivity index (χ0) is 45.8. The van der Waals surface area contributed by atoms with E-state index < -0.39 is 6.10 Å². The van der Waals surface area contributed by atoms with Gasteiger partial charge in [0.25, 0.3) is 0 Å². The number of rotatable bonds is 46. The molecule has 1 unspecified atom stereocenters. The van der Waals surface area contributed by atoms with Gasteiger partial charge in [0.2, 0.25) is 0 Å². The van der Waals surface area contributed by atoms with Crippen molar-refractivity contribution < 1.29 is 28.6 Å². The molecule has 0 fully saturated rings. The minimum Gasteiger partial charge on any atom is -0.462 e. The van der Waals surface area contributed by atoms with Gasteiger partial charge in [-0.25, -0.2) is 0 Å². The Morgan fingerprint density at radius 1 is 0.333 bits per heavy atom. The van der Waals surface area contributed by atoms with Crippen molar-refractivity contribution in [3.05, 3.63) is 85.1 Å². The first-order valence-electron chi connectivity index (χ1n) is 26.1. The van der Waals surface area contributed by atoms with Crippen molar-refractivity contribution in [2.75, 3.05) is 13.2 Å². The second-order valence-corrected chi connectivity index (χ2v) is 17.2. The number of allylic oxidation sites excluding steroid dienone is 14. The molecule has 63 heavy (non-hydrogen) atoms. The molecule has 0 amide bonds. The van der Waals surface area contributed by atoms with Gasteiger partial charge < -0.3 is 14.2 Å². The fourth-order valence-electron chi connectivity index (χ4n) is 6.93. The van der Waals surface area contributed by atoms with E-state index in [2.05, 4.69) is 106 Å². The van der Waals surface area contributed by atoms with Crippen LogP contribution < -0.4 is 0 Å². The Balaban J connectivity index is 4.43. The van der Waals surface area contributed by atoms with Gasteiger partial charge in [0.1, 0.15) is 13.2 Å². The quantitative estimate of drug-likeness (QED) is 0.0199. The van der Waals surface area contributed by atoms with Gasteiger partial charge in [0.05, 0.1) is 0 Å². The highest BCUT2D eigenvalue weighted by atomic mass is 16.6. The average molecular weight is 877 g/mol. The molecule has 0 saturated heterocycles. The summed E-state index contributed by atoms with van der Waals surface area (Å²) in [4.78, 5) is 37.9. The average Bonchev–Trinajstić information content (AvgIpc) is 3.28. The summed E-state index contributed by atoms with van der Waals surface area (Å²) in [6.45, 7) is 6.49. The van der Waals surface area contributed by atoms with E-state index in [0.717, 1.165) is 116 Å². The van der Waals surface area contributed by atoms with Crippen LogP contribution in [0.5, 0.6) is 0 Å². The lowest BCUT2D eigenvalue weighted by molar-refractivity contribution is -0.167. The normalized spacial score (nSPS) is 12.7. The topological polar surface area (TPSA) is 78.9 Å². The van der Waals surface area contributed by atoms with Crippen molar-refractivity contribution in [3.63, 3.8) is 0 Å². The number of ether oxygens (including phenoxy) is 3. The lowest BCUT2D eigenvalue weighted by Crippen LogP contribution is -2.30. The Morgan fingerprint density at radius 2 is 0.651 bits per heavy atom. The zero-order valence-electron chi connectivity index (χ0n) is 41.1. The molecule has 0 aromatic rings. The van der Waals surface area contributed by atoms with Crippen LogP contribution in [-0.4, -0.2) is 37.2 Å². The molecule has 6 heteroatoms. The molecule has 0 radical (unpaired) electrons. The lowest BCUT2D eigenvalue weighted by Gasteiger charge is -2.18. The molecule has 6 nitrogen and oxygen atoms in total. The Hall–Kier alpha value is -3.41. The lowest BCUT2D eigenvalue weighted by atomic mass is 10.1. The summed E-state index contributed by atoms with van der Waals surface area (Å²) >= 11 is 0. The van der Waals surface area contributed by atoms with Crippen molar-refractivity contribution in [2.24, 2.45) is 0 Å².